The second kappa shape index (κ2) is 10.9. The summed E-state index contributed by atoms with van der Waals surface area (Å²) in [6.45, 7) is 1.98. The van der Waals surface area contributed by atoms with E-state index in [2.05, 4.69) is 10.6 Å². The Morgan fingerprint density at radius 1 is 0.941 bits per heavy atom. The molecule has 1 atom stereocenters. The Labute approximate surface area is 198 Å². The van der Waals surface area contributed by atoms with E-state index >= 15 is 0 Å². The van der Waals surface area contributed by atoms with Crippen LogP contribution in [0.15, 0.2) is 78.9 Å². The number of rotatable bonds is 9. The molecule has 0 aliphatic heterocycles. The van der Waals surface area contributed by atoms with Gasteiger partial charge in [0.2, 0.25) is 15.9 Å². The first-order chi connectivity index (χ1) is 16.2. The van der Waals surface area contributed by atoms with Crippen LogP contribution in [0.5, 0.6) is 0 Å². The highest BCUT2D eigenvalue weighted by molar-refractivity contribution is 7.92. The molecule has 2 amide bonds. The predicted molar refractivity (Wildman–Crippen MR) is 130 cm³/mol. The van der Waals surface area contributed by atoms with E-state index in [1.54, 1.807) is 31.2 Å². The summed E-state index contributed by atoms with van der Waals surface area (Å²) < 4.78 is 39.5. The van der Waals surface area contributed by atoms with Crippen LogP contribution in [0.25, 0.3) is 0 Å². The standard InChI is InChI=1S/C25H26FN3O4S/c1-3-23(29(34(2,32)33)20-15-13-19(26)14-16-20)25(31)28-22-12-8-7-11-21(22)24(30)27-17-18-9-5-4-6-10-18/h4-16,23H,3,17H2,1-2H3,(H,27,30)(H,28,31)/t23-/m1/s1. The Hall–Kier alpha value is -3.72. The minimum atomic E-state index is -3.87. The highest BCUT2D eigenvalue weighted by Gasteiger charge is 2.32. The first-order valence-corrected chi connectivity index (χ1v) is 12.5. The third-order valence-corrected chi connectivity index (χ3v) is 6.32. The lowest BCUT2D eigenvalue weighted by molar-refractivity contribution is -0.117. The summed E-state index contributed by atoms with van der Waals surface area (Å²) in [7, 11) is -3.87. The van der Waals surface area contributed by atoms with E-state index in [4.69, 9.17) is 0 Å². The number of hydrogen-bond donors (Lipinski definition) is 2. The molecule has 0 radical (unpaired) electrons. The number of hydrogen-bond acceptors (Lipinski definition) is 4. The number of benzene rings is 3. The van der Waals surface area contributed by atoms with Crippen LogP contribution in [-0.2, 0) is 21.4 Å². The number of halogens is 1. The smallest absolute Gasteiger partial charge is 0.253 e. The van der Waals surface area contributed by atoms with Crippen molar-refractivity contribution in [3.63, 3.8) is 0 Å². The molecule has 0 saturated heterocycles. The molecule has 0 fully saturated rings. The van der Waals surface area contributed by atoms with E-state index in [0.717, 1.165) is 28.3 Å². The number of sulfonamides is 1. The lowest BCUT2D eigenvalue weighted by atomic mass is 10.1. The average Bonchev–Trinajstić information content (AvgIpc) is 2.82. The number of carbonyl (C=O) groups excluding carboxylic acids is 2. The molecule has 178 valence electrons. The van der Waals surface area contributed by atoms with Gasteiger partial charge in [-0.1, -0.05) is 49.4 Å². The Morgan fingerprint density at radius 2 is 1.56 bits per heavy atom. The summed E-state index contributed by atoms with van der Waals surface area (Å²) in [4.78, 5) is 26.0. The van der Waals surface area contributed by atoms with Crippen LogP contribution in [0, 0.1) is 5.82 Å². The van der Waals surface area contributed by atoms with E-state index in [1.165, 1.54) is 12.1 Å². The molecular weight excluding hydrogens is 457 g/mol. The third kappa shape index (κ3) is 6.20. The number of carbonyl (C=O) groups is 2. The topological polar surface area (TPSA) is 95.6 Å². The van der Waals surface area contributed by atoms with Gasteiger partial charge in [-0.05, 0) is 48.4 Å². The molecule has 3 aromatic rings. The maximum Gasteiger partial charge on any atom is 0.253 e. The zero-order chi connectivity index (χ0) is 24.7. The fraction of sp³-hybridized carbons (Fsp3) is 0.200. The lowest BCUT2D eigenvalue weighted by Gasteiger charge is -2.30. The fourth-order valence-electron chi connectivity index (χ4n) is 3.53. The summed E-state index contributed by atoms with van der Waals surface area (Å²) in [5.74, 6) is -1.52. The molecule has 2 N–H and O–H groups in total. The molecule has 0 aliphatic rings. The first-order valence-electron chi connectivity index (χ1n) is 10.7. The summed E-state index contributed by atoms with van der Waals surface area (Å²) in [6.07, 6.45) is 1.13. The molecule has 0 heterocycles. The lowest BCUT2D eigenvalue weighted by Crippen LogP contribution is -2.47. The number of para-hydroxylation sites is 1. The number of anilines is 2. The van der Waals surface area contributed by atoms with Gasteiger partial charge in [-0.25, -0.2) is 12.8 Å². The molecule has 0 unspecified atom stereocenters. The van der Waals surface area contributed by atoms with Crippen molar-refractivity contribution in [1.82, 2.24) is 5.32 Å². The highest BCUT2D eigenvalue weighted by atomic mass is 32.2. The minimum absolute atomic E-state index is 0.151. The molecule has 9 heteroatoms. The van der Waals surface area contributed by atoms with Crippen LogP contribution in [0.2, 0.25) is 0 Å². The van der Waals surface area contributed by atoms with E-state index in [0.29, 0.717) is 6.54 Å². The third-order valence-electron chi connectivity index (χ3n) is 5.14. The number of nitrogens with zero attached hydrogens (tertiary/aromatic N) is 1. The largest absolute Gasteiger partial charge is 0.348 e. The second-order valence-electron chi connectivity index (χ2n) is 7.66. The Balaban J connectivity index is 1.83. The van der Waals surface area contributed by atoms with Crippen molar-refractivity contribution in [2.75, 3.05) is 15.9 Å². The molecule has 3 aromatic carbocycles. The van der Waals surface area contributed by atoms with Crippen molar-refractivity contribution < 1.29 is 22.4 Å². The zero-order valence-electron chi connectivity index (χ0n) is 18.9. The summed E-state index contributed by atoms with van der Waals surface area (Å²) in [5.41, 5.74) is 1.59. The van der Waals surface area contributed by atoms with Gasteiger partial charge in [0.25, 0.3) is 5.91 Å². The van der Waals surface area contributed by atoms with Gasteiger partial charge in [0.05, 0.1) is 23.2 Å². The number of nitrogens with one attached hydrogen (secondary N) is 2. The normalized spacial score (nSPS) is 12.0. The summed E-state index contributed by atoms with van der Waals surface area (Å²) >= 11 is 0. The van der Waals surface area contributed by atoms with Gasteiger partial charge >= 0.3 is 0 Å². The van der Waals surface area contributed by atoms with Crippen molar-refractivity contribution in [1.29, 1.82) is 0 Å². The molecule has 0 bridgehead atoms. The van der Waals surface area contributed by atoms with Crippen molar-refractivity contribution in [3.05, 3.63) is 95.8 Å². The molecule has 0 aromatic heterocycles. The van der Waals surface area contributed by atoms with E-state index in [9.17, 15) is 22.4 Å². The van der Waals surface area contributed by atoms with Crippen LogP contribution in [0.4, 0.5) is 15.8 Å². The van der Waals surface area contributed by atoms with Gasteiger partial charge in [0.1, 0.15) is 11.9 Å². The van der Waals surface area contributed by atoms with Crippen LogP contribution in [0.1, 0.15) is 29.3 Å². The molecule has 0 saturated carbocycles. The predicted octanol–water partition coefficient (Wildman–Crippen LogP) is 3.94. The van der Waals surface area contributed by atoms with E-state index < -0.39 is 27.8 Å². The molecule has 0 aliphatic carbocycles. The molecule has 34 heavy (non-hydrogen) atoms. The van der Waals surface area contributed by atoms with Gasteiger partial charge in [0, 0.05) is 6.54 Å². The summed E-state index contributed by atoms with van der Waals surface area (Å²) in [5, 5.41) is 5.51. The van der Waals surface area contributed by atoms with Crippen LogP contribution in [0.3, 0.4) is 0 Å². The van der Waals surface area contributed by atoms with Crippen molar-refractivity contribution in [3.8, 4) is 0 Å². The van der Waals surface area contributed by atoms with E-state index in [1.807, 2.05) is 30.3 Å². The second-order valence-corrected chi connectivity index (χ2v) is 9.52. The van der Waals surface area contributed by atoms with E-state index in [-0.39, 0.29) is 29.3 Å². The van der Waals surface area contributed by atoms with Gasteiger partial charge in [-0.3, -0.25) is 13.9 Å². The van der Waals surface area contributed by atoms with Gasteiger partial charge < -0.3 is 10.6 Å². The SMILES string of the molecule is CC[C@H](C(=O)Nc1ccccc1C(=O)NCc1ccccc1)N(c1ccc(F)cc1)S(C)(=O)=O. The van der Waals surface area contributed by atoms with Crippen LogP contribution >= 0.6 is 0 Å². The van der Waals surface area contributed by atoms with Gasteiger partial charge in [-0.2, -0.15) is 0 Å². The zero-order valence-corrected chi connectivity index (χ0v) is 19.7. The first kappa shape index (κ1) is 24.9. The van der Waals surface area contributed by atoms with Gasteiger partial charge in [0.15, 0.2) is 0 Å². The quantitative estimate of drug-likeness (QED) is 0.482. The van der Waals surface area contributed by atoms with Crippen molar-refractivity contribution in [2.45, 2.75) is 25.9 Å². The maximum atomic E-state index is 13.4. The monoisotopic (exact) mass is 483 g/mol. The number of amides is 2. The summed E-state index contributed by atoms with van der Waals surface area (Å²) in [6, 6.07) is 19.6. The van der Waals surface area contributed by atoms with Crippen LogP contribution < -0.4 is 14.9 Å². The van der Waals surface area contributed by atoms with Gasteiger partial charge in [-0.15, -0.1) is 0 Å². The molecular formula is C25H26FN3O4S. The Bertz CT molecular complexity index is 1250. The fourth-order valence-corrected chi connectivity index (χ4v) is 4.74. The van der Waals surface area contributed by atoms with Crippen LogP contribution in [-0.4, -0.2) is 32.5 Å². The Kier molecular flexibility index (Phi) is 8.01. The maximum absolute atomic E-state index is 13.4. The van der Waals surface area contributed by atoms with Crippen molar-refractivity contribution >= 4 is 33.2 Å². The highest BCUT2D eigenvalue weighted by Crippen LogP contribution is 2.24. The molecule has 7 nitrogen and oxygen atoms in total. The average molecular weight is 484 g/mol. The Morgan fingerprint density at radius 3 is 2.18 bits per heavy atom. The minimum Gasteiger partial charge on any atom is -0.348 e. The molecule has 3 rings (SSSR count). The van der Waals surface area contributed by atoms with Crippen molar-refractivity contribution in [2.24, 2.45) is 0 Å². The molecule has 0 spiro atoms.